The Labute approximate surface area is 102 Å². The first-order chi connectivity index (χ1) is 8.13. The molecule has 2 saturated heterocycles. The zero-order valence-electron chi connectivity index (χ0n) is 9.89. The fourth-order valence-electron chi connectivity index (χ4n) is 2.07. The molecule has 0 spiro atoms. The minimum atomic E-state index is -3.43. The van der Waals surface area contributed by atoms with E-state index >= 15 is 0 Å². The zero-order valence-corrected chi connectivity index (χ0v) is 10.7. The van der Waals surface area contributed by atoms with Crippen molar-refractivity contribution in [3.05, 3.63) is 0 Å². The molecule has 2 fully saturated rings. The zero-order chi connectivity index (χ0) is 12.3. The van der Waals surface area contributed by atoms with Gasteiger partial charge in [-0.05, 0) is 0 Å². The number of nitrogens with one attached hydrogen (secondary N) is 2. The molecule has 2 rings (SSSR count). The van der Waals surface area contributed by atoms with Crippen molar-refractivity contribution in [3.63, 3.8) is 0 Å². The third kappa shape index (κ3) is 3.15. The molecule has 0 bridgehead atoms. The van der Waals surface area contributed by atoms with Crippen LogP contribution in [0.25, 0.3) is 0 Å². The van der Waals surface area contributed by atoms with Crippen LogP contribution in [0.4, 0.5) is 0 Å². The second-order valence-electron chi connectivity index (χ2n) is 4.17. The van der Waals surface area contributed by atoms with Gasteiger partial charge in [-0.15, -0.1) is 0 Å². The van der Waals surface area contributed by atoms with Crippen LogP contribution in [0.15, 0.2) is 0 Å². The lowest BCUT2D eigenvalue weighted by Crippen LogP contribution is -2.52. The van der Waals surface area contributed by atoms with Crippen molar-refractivity contribution < 1.29 is 17.9 Å². The van der Waals surface area contributed by atoms with Crippen LogP contribution in [0, 0.1) is 0 Å². The van der Waals surface area contributed by atoms with Crippen molar-refractivity contribution >= 4 is 10.2 Å². The van der Waals surface area contributed by atoms with E-state index in [2.05, 4.69) is 10.0 Å². The quantitative estimate of drug-likeness (QED) is 0.623. The molecule has 2 aliphatic rings. The van der Waals surface area contributed by atoms with Crippen LogP contribution in [0.3, 0.4) is 0 Å². The van der Waals surface area contributed by atoms with E-state index in [0.717, 1.165) is 0 Å². The third-order valence-corrected chi connectivity index (χ3v) is 4.72. The van der Waals surface area contributed by atoms with Crippen LogP contribution in [0.2, 0.25) is 0 Å². The highest BCUT2D eigenvalue weighted by Gasteiger charge is 2.33. The number of morpholine rings is 1. The van der Waals surface area contributed by atoms with Crippen molar-refractivity contribution in [2.45, 2.75) is 12.1 Å². The molecule has 8 heteroatoms. The van der Waals surface area contributed by atoms with Gasteiger partial charge in [-0.1, -0.05) is 0 Å². The van der Waals surface area contributed by atoms with E-state index < -0.39 is 10.2 Å². The Kier molecular flexibility index (Phi) is 4.34. The molecule has 2 N–H and O–H groups in total. The summed E-state index contributed by atoms with van der Waals surface area (Å²) in [5.41, 5.74) is 0. The minimum absolute atomic E-state index is 0.106. The van der Waals surface area contributed by atoms with Crippen molar-refractivity contribution in [2.24, 2.45) is 0 Å². The fourth-order valence-corrected chi connectivity index (χ4v) is 3.47. The second-order valence-corrected chi connectivity index (χ2v) is 5.88. The molecular formula is C9H19N3O4S. The summed E-state index contributed by atoms with van der Waals surface area (Å²) in [6, 6.07) is -0.201. The van der Waals surface area contributed by atoms with Gasteiger partial charge in [-0.3, -0.25) is 0 Å². The van der Waals surface area contributed by atoms with E-state index in [4.69, 9.17) is 9.47 Å². The highest BCUT2D eigenvalue weighted by atomic mass is 32.2. The van der Waals surface area contributed by atoms with Crippen LogP contribution >= 0.6 is 0 Å². The van der Waals surface area contributed by atoms with Crippen molar-refractivity contribution in [2.75, 3.05) is 46.5 Å². The first-order valence-corrected chi connectivity index (χ1v) is 7.16. The number of nitrogens with zero attached hydrogens (tertiary/aromatic N) is 1. The molecule has 100 valence electrons. The Morgan fingerprint density at radius 2 is 2.06 bits per heavy atom. The molecule has 2 atom stereocenters. The van der Waals surface area contributed by atoms with Gasteiger partial charge in [-0.2, -0.15) is 17.4 Å². The predicted octanol–water partition coefficient (Wildman–Crippen LogP) is -1.86. The summed E-state index contributed by atoms with van der Waals surface area (Å²) in [5, 5.41) is 3.10. The van der Waals surface area contributed by atoms with Gasteiger partial charge in [0.05, 0.1) is 25.4 Å². The van der Waals surface area contributed by atoms with Gasteiger partial charge in [0.15, 0.2) is 0 Å². The normalized spacial score (nSPS) is 31.8. The lowest BCUT2D eigenvalue weighted by Gasteiger charge is -2.28. The Bertz CT molecular complexity index is 342. The van der Waals surface area contributed by atoms with Gasteiger partial charge < -0.3 is 14.8 Å². The molecule has 0 saturated carbocycles. The maximum absolute atomic E-state index is 12.1. The summed E-state index contributed by atoms with van der Waals surface area (Å²) >= 11 is 0. The van der Waals surface area contributed by atoms with Crippen LogP contribution in [0.5, 0.6) is 0 Å². The molecule has 0 radical (unpaired) electrons. The summed E-state index contributed by atoms with van der Waals surface area (Å²) in [6.07, 6.45) is -0.106. The Morgan fingerprint density at radius 3 is 2.71 bits per heavy atom. The summed E-state index contributed by atoms with van der Waals surface area (Å²) in [5.74, 6) is 0. The average molecular weight is 265 g/mol. The minimum Gasteiger partial charge on any atom is -0.379 e. The van der Waals surface area contributed by atoms with Crippen molar-refractivity contribution in [1.29, 1.82) is 0 Å². The predicted molar refractivity (Wildman–Crippen MR) is 61.9 cm³/mol. The average Bonchev–Trinajstić information content (AvgIpc) is 2.77. The summed E-state index contributed by atoms with van der Waals surface area (Å²) in [7, 11) is -1.84. The van der Waals surface area contributed by atoms with Crippen molar-refractivity contribution in [1.82, 2.24) is 14.3 Å². The van der Waals surface area contributed by atoms with E-state index in [9.17, 15) is 8.42 Å². The van der Waals surface area contributed by atoms with Gasteiger partial charge >= 0.3 is 0 Å². The standard InChI is InChI=1S/C9H19N3O4S/c1-15-9-7-10-6-8(9)11-17(13,14)12-2-4-16-5-3-12/h8-11H,2-7H2,1H3/t8?,9-/m0/s1. The monoisotopic (exact) mass is 265 g/mol. The smallest absolute Gasteiger partial charge is 0.279 e. The molecule has 2 heterocycles. The van der Waals surface area contributed by atoms with Crippen molar-refractivity contribution in [3.8, 4) is 0 Å². The second kappa shape index (κ2) is 5.59. The number of ether oxygens (including phenoxy) is 2. The maximum Gasteiger partial charge on any atom is 0.279 e. The molecule has 0 aromatic heterocycles. The van der Waals surface area contributed by atoms with Crippen LogP contribution < -0.4 is 10.0 Å². The Balaban J connectivity index is 1.96. The first-order valence-electron chi connectivity index (χ1n) is 5.72. The molecule has 17 heavy (non-hydrogen) atoms. The lowest BCUT2D eigenvalue weighted by molar-refractivity contribution is 0.0709. The molecule has 7 nitrogen and oxygen atoms in total. The molecule has 0 amide bonds. The molecule has 0 aromatic rings. The maximum atomic E-state index is 12.1. The van der Waals surface area contributed by atoms with E-state index in [1.807, 2.05) is 0 Å². The van der Waals surface area contributed by atoms with Gasteiger partial charge in [-0.25, -0.2) is 0 Å². The Morgan fingerprint density at radius 1 is 1.35 bits per heavy atom. The largest absolute Gasteiger partial charge is 0.379 e. The van der Waals surface area contributed by atoms with Crippen LogP contribution in [-0.4, -0.2) is 71.4 Å². The molecule has 1 unspecified atom stereocenters. The molecule has 2 aliphatic heterocycles. The molecule has 0 aliphatic carbocycles. The Hall–Kier alpha value is -0.250. The highest BCUT2D eigenvalue weighted by Crippen LogP contribution is 2.09. The number of hydrogen-bond donors (Lipinski definition) is 2. The van der Waals surface area contributed by atoms with E-state index in [1.54, 1.807) is 7.11 Å². The first kappa shape index (κ1) is 13.2. The van der Waals surface area contributed by atoms with E-state index in [-0.39, 0.29) is 12.1 Å². The highest BCUT2D eigenvalue weighted by molar-refractivity contribution is 7.87. The van der Waals surface area contributed by atoms with E-state index in [1.165, 1.54) is 4.31 Å². The van der Waals surface area contributed by atoms with Gasteiger partial charge in [0.1, 0.15) is 0 Å². The lowest BCUT2D eigenvalue weighted by atomic mass is 10.2. The van der Waals surface area contributed by atoms with Gasteiger partial charge in [0.25, 0.3) is 10.2 Å². The summed E-state index contributed by atoms with van der Waals surface area (Å²) in [4.78, 5) is 0. The number of hydrogen-bond acceptors (Lipinski definition) is 5. The summed E-state index contributed by atoms with van der Waals surface area (Å²) in [6.45, 7) is 3.00. The van der Waals surface area contributed by atoms with Crippen LogP contribution in [0.1, 0.15) is 0 Å². The van der Waals surface area contributed by atoms with Crippen LogP contribution in [-0.2, 0) is 19.7 Å². The third-order valence-electron chi connectivity index (χ3n) is 3.07. The number of methoxy groups -OCH3 is 1. The molecular weight excluding hydrogens is 246 g/mol. The SMILES string of the molecule is CO[C@H]1CNCC1NS(=O)(=O)N1CCOCC1. The van der Waals surface area contributed by atoms with E-state index in [0.29, 0.717) is 39.4 Å². The van der Waals surface area contributed by atoms with Gasteiger partial charge in [0, 0.05) is 33.3 Å². The topological polar surface area (TPSA) is 79.9 Å². The fraction of sp³-hybridized carbons (Fsp3) is 1.00. The van der Waals surface area contributed by atoms with Gasteiger partial charge in [0.2, 0.25) is 0 Å². The summed E-state index contributed by atoms with van der Waals surface area (Å²) < 4.78 is 38.6. The number of rotatable bonds is 4. The molecule has 0 aromatic carbocycles.